The highest BCUT2D eigenvalue weighted by Gasteiger charge is 2.22. The van der Waals surface area contributed by atoms with Crippen LogP contribution in [0.5, 0.6) is 0 Å². The number of aryl methyl sites for hydroxylation is 2. The van der Waals surface area contributed by atoms with Crippen LogP contribution in [0.15, 0.2) is 76.4 Å². The minimum absolute atomic E-state index is 0.154. The molecule has 0 saturated heterocycles. The molecule has 0 aliphatic heterocycles. The van der Waals surface area contributed by atoms with Gasteiger partial charge in [-0.2, -0.15) is 5.10 Å². The molecule has 1 amide bonds. The van der Waals surface area contributed by atoms with Gasteiger partial charge in [-0.15, -0.1) is 0 Å². The second-order valence-corrected chi connectivity index (χ2v) is 10.6. The van der Waals surface area contributed by atoms with E-state index in [1.807, 2.05) is 25.1 Å². The van der Waals surface area contributed by atoms with Crippen LogP contribution in [-0.2, 0) is 21.4 Å². The zero-order valence-corrected chi connectivity index (χ0v) is 20.8. The van der Waals surface area contributed by atoms with E-state index < -0.39 is 21.5 Å². The average molecular weight is 491 g/mol. The molecule has 0 aliphatic carbocycles. The van der Waals surface area contributed by atoms with Crippen molar-refractivity contribution < 1.29 is 13.2 Å². The number of sulfonamides is 1. The highest BCUT2D eigenvalue weighted by molar-refractivity contribution is 7.89. The zero-order valence-electron chi connectivity index (χ0n) is 19.9. The lowest BCUT2D eigenvalue weighted by Crippen LogP contribution is -2.30. The third-order valence-electron chi connectivity index (χ3n) is 5.80. The van der Waals surface area contributed by atoms with E-state index in [-0.39, 0.29) is 11.4 Å². The van der Waals surface area contributed by atoms with Crippen LogP contribution in [0.1, 0.15) is 11.1 Å². The van der Waals surface area contributed by atoms with E-state index in [0.717, 1.165) is 14.6 Å². The van der Waals surface area contributed by atoms with Gasteiger partial charge in [-0.25, -0.2) is 17.4 Å². The van der Waals surface area contributed by atoms with Gasteiger partial charge in [-0.1, -0.05) is 48.5 Å². The lowest BCUT2D eigenvalue weighted by atomic mass is 10.0. The van der Waals surface area contributed by atoms with Crippen LogP contribution in [-0.4, -0.2) is 42.5 Å². The Morgan fingerprint density at radius 1 is 0.943 bits per heavy atom. The highest BCUT2D eigenvalue weighted by Crippen LogP contribution is 2.29. The van der Waals surface area contributed by atoms with Gasteiger partial charge in [0, 0.05) is 30.7 Å². The summed E-state index contributed by atoms with van der Waals surface area (Å²) < 4.78 is 28.0. The van der Waals surface area contributed by atoms with Crippen molar-refractivity contribution >= 4 is 32.4 Å². The first-order valence-electron chi connectivity index (χ1n) is 11.0. The summed E-state index contributed by atoms with van der Waals surface area (Å²) in [6.45, 7) is 3.31. The van der Waals surface area contributed by atoms with Gasteiger partial charge in [0.25, 0.3) is 5.56 Å². The molecule has 0 atom stereocenters. The summed E-state index contributed by atoms with van der Waals surface area (Å²) in [5.74, 6) is -0.394. The maximum absolute atomic E-state index is 13.2. The topological polar surface area (TPSA) is 101 Å². The minimum Gasteiger partial charge on any atom is -0.324 e. The number of aromatic nitrogens is 2. The summed E-state index contributed by atoms with van der Waals surface area (Å²) >= 11 is 0. The van der Waals surface area contributed by atoms with Crippen molar-refractivity contribution in [2.24, 2.45) is 0 Å². The van der Waals surface area contributed by atoms with Crippen LogP contribution in [0.2, 0.25) is 0 Å². The number of hydrogen-bond donors (Lipinski definition) is 1. The average Bonchev–Trinajstić information content (AvgIpc) is 2.82. The van der Waals surface area contributed by atoms with Crippen molar-refractivity contribution in [3.05, 3.63) is 88.2 Å². The summed E-state index contributed by atoms with van der Waals surface area (Å²) in [7, 11) is -0.745. The highest BCUT2D eigenvalue weighted by atomic mass is 32.2. The predicted molar refractivity (Wildman–Crippen MR) is 137 cm³/mol. The molecule has 1 N–H and O–H groups in total. The van der Waals surface area contributed by atoms with Crippen molar-refractivity contribution in [1.29, 1.82) is 0 Å². The Balaban J connectivity index is 1.83. The molecule has 0 unspecified atom stereocenters. The number of nitrogens with one attached hydrogen (secondary N) is 1. The van der Waals surface area contributed by atoms with Crippen LogP contribution in [0, 0.1) is 13.8 Å². The number of benzene rings is 3. The fourth-order valence-electron chi connectivity index (χ4n) is 3.82. The quantitative estimate of drug-likeness (QED) is 0.445. The van der Waals surface area contributed by atoms with Gasteiger partial charge in [0.1, 0.15) is 6.54 Å². The Hall–Kier alpha value is -3.82. The third-order valence-corrected chi connectivity index (χ3v) is 7.76. The van der Waals surface area contributed by atoms with Gasteiger partial charge in [-0.05, 0) is 43.2 Å². The van der Waals surface area contributed by atoms with E-state index in [1.165, 1.54) is 14.1 Å². The normalized spacial score (nSPS) is 11.7. The summed E-state index contributed by atoms with van der Waals surface area (Å²) in [5.41, 5.74) is 2.69. The first kappa shape index (κ1) is 24.3. The van der Waals surface area contributed by atoms with Crippen LogP contribution >= 0.6 is 0 Å². The molecule has 8 nitrogen and oxygen atoms in total. The van der Waals surface area contributed by atoms with Crippen LogP contribution in [0.3, 0.4) is 0 Å². The van der Waals surface area contributed by atoms with E-state index in [4.69, 9.17) is 0 Å². The number of para-hydroxylation sites is 1. The van der Waals surface area contributed by atoms with Gasteiger partial charge in [0.05, 0.1) is 16.0 Å². The van der Waals surface area contributed by atoms with E-state index in [1.54, 1.807) is 55.5 Å². The molecule has 0 bridgehead atoms. The molecule has 0 saturated carbocycles. The van der Waals surface area contributed by atoms with Crippen molar-refractivity contribution in [2.45, 2.75) is 25.3 Å². The number of rotatable bonds is 6. The number of hydrogen-bond acceptors (Lipinski definition) is 5. The van der Waals surface area contributed by atoms with E-state index in [0.29, 0.717) is 33.3 Å². The fraction of sp³-hybridized carbons (Fsp3) is 0.192. The monoisotopic (exact) mass is 490 g/mol. The second-order valence-electron chi connectivity index (χ2n) is 8.49. The van der Waals surface area contributed by atoms with Crippen molar-refractivity contribution in [1.82, 2.24) is 14.1 Å². The van der Waals surface area contributed by atoms with Gasteiger partial charge in [0.15, 0.2) is 0 Å². The SMILES string of the molecule is Cc1ccccc1NC(=O)Cn1nc(-c2ccc(C)c(S(=O)(=O)N(C)C)c2)c2ccccc2c1=O. The summed E-state index contributed by atoms with van der Waals surface area (Å²) in [6.07, 6.45) is 0. The molecule has 35 heavy (non-hydrogen) atoms. The van der Waals surface area contributed by atoms with Crippen LogP contribution in [0.25, 0.3) is 22.0 Å². The van der Waals surface area contributed by atoms with Crippen molar-refractivity contribution in [2.75, 3.05) is 19.4 Å². The number of anilines is 1. The van der Waals surface area contributed by atoms with Gasteiger partial charge in [-0.3, -0.25) is 9.59 Å². The van der Waals surface area contributed by atoms with Crippen molar-refractivity contribution in [3.63, 3.8) is 0 Å². The number of carbonyl (C=O) groups is 1. The molecule has 0 aliphatic rings. The van der Waals surface area contributed by atoms with E-state index in [9.17, 15) is 18.0 Å². The molecule has 1 aromatic heterocycles. The minimum atomic E-state index is -3.69. The molecular formula is C26H26N4O4S. The third kappa shape index (κ3) is 4.73. The van der Waals surface area contributed by atoms with Crippen molar-refractivity contribution in [3.8, 4) is 11.3 Å². The van der Waals surface area contributed by atoms with E-state index in [2.05, 4.69) is 10.4 Å². The lowest BCUT2D eigenvalue weighted by molar-refractivity contribution is -0.117. The Morgan fingerprint density at radius 3 is 2.29 bits per heavy atom. The maximum Gasteiger partial charge on any atom is 0.275 e. The molecule has 0 spiro atoms. The Morgan fingerprint density at radius 2 is 1.60 bits per heavy atom. The standard InChI is InChI=1S/C26H26N4O4S/c1-17-9-5-8-12-22(17)27-24(31)16-30-26(32)21-11-7-6-10-20(21)25(28-30)19-14-13-18(2)23(15-19)35(33,34)29(3)4/h5-15H,16H2,1-4H3,(H,27,31). The molecule has 4 rings (SSSR count). The van der Waals surface area contributed by atoms with Crippen LogP contribution in [0.4, 0.5) is 5.69 Å². The summed E-state index contributed by atoms with van der Waals surface area (Å²) in [4.78, 5) is 26.1. The fourth-order valence-corrected chi connectivity index (χ4v) is 4.96. The summed E-state index contributed by atoms with van der Waals surface area (Å²) in [5, 5.41) is 8.29. The molecule has 1 heterocycles. The molecule has 180 valence electrons. The molecule has 0 fully saturated rings. The Bertz CT molecular complexity index is 1610. The van der Waals surface area contributed by atoms with E-state index >= 15 is 0 Å². The Labute approximate surface area is 203 Å². The first-order chi connectivity index (χ1) is 16.6. The van der Waals surface area contributed by atoms with Gasteiger partial charge in [0.2, 0.25) is 15.9 Å². The number of nitrogens with zero attached hydrogens (tertiary/aromatic N) is 3. The zero-order chi connectivity index (χ0) is 25.3. The lowest BCUT2D eigenvalue weighted by Gasteiger charge is -2.16. The van der Waals surface area contributed by atoms with Crippen LogP contribution < -0.4 is 10.9 Å². The largest absolute Gasteiger partial charge is 0.324 e. The molecule has 9 heteroatoms. The van der Waals surface area contributed by atoms with Gasteiger partial charge < -0.3 is 5.32 Å². The molecule has 3 aromatic carbocycles. The Kier molecular flexibility index (Phi) is 6.56. The number of carbonyl (C=O) groups excluding carboxylic acids is 1. The number of fused-ring (bicyclic) bond motifs is 1. The molecular weight excluding hydrogens is 464 g/mol. The smallest absolute Gasteiger partial charge is 0.275 e. The number of amides is 1. The second kappa shape index (κ2) is 9.44. The summed E-state index contributed by atoms with van der Waals surface area (Å²) in [6, 6.07) is 19.3. The first-order valence-corrected chi connectivity index (χ1v) is 12.4. The van der Waals surface area contributed by atoms with Gasteiger partial charge >= 0.3 is 0 Å². The molecule has 4 aromatic rings. The predicted octanol–water partition coefficient (Wildman–Crippen LogP) is 3.57. The molecule has 0 radical (unpaired) electrons. The maximum atomic E-state index is 13.2.